The summed E-state index contributed by atoms with van der Waals surface area (Å²) < 4.78 is 5.22. The summed E-state index contributed by atoms with van der Waals surface area (Å²) in [7, 11) is 0. The van der Waals surface area contributed by atoms with Crippen molar-refractivity contribution < 1.29 is 9.53 Å². The summed E-state index contributed by atoms with van der Waals surface area (Å²) >= 11 is 0. The maximum Gasteiger partial charge on any atom is 0.206 e. The quantitative estimate of drug-likeness (QED) is 0.648. The number of nitrogens with zero attached hydrogens (tertiary/aromatic N) is 1. The molecule has 4 heteroatoms. The SMILES string of the molecule is CCCOCC(=O)c1cc(N)c2ccccc2n1. The Morgan fingerprint density at radius 2 is 2.17 bits per heavy atom. The van der Waals surface area contributed by atoms with Gasteiger partial charge in [0.15, 0.2) is 0 Å². The highest BCUT2D eigenvalue weighted by Crippen LogP contribution is 2.20. The number of rotatable bonds is 5. The van der Waals surface area contributed by atoms with Crippen LogP contribution in [0.4, 0.5) is 5.69 Å². The molecule has 0 bridgehead atoms. The van der Waals surface area contributed by atoms with Crippen molar-refractivity contribution in [1.82, 2.24) is 4.98 Å². The van der Waals surface area contributed by atoms with Crippen LogP contribution in [0.5, 0.6) is 0 Å². The van der Waals surface area contributed by atoms with Crippen LogP contribution in [0.3, 0.4) is 0 Å². The maximum atomic E-state index is 11.9. The second-order valence-corrected chi connectivity index (χ2v) is 4.09. The predicted molar refractivity (Wildman–Crippen MR) is 71.6 cm³/mol. The second-order valence-electron chi connectivity index (χ2n) is 4.09. The van der Waals surface area contributed by atoms with Gasteiger partial charge in [0.1, 0.15) is 12.3 Å². The van der Waals surface area contributed by atoms with Crippen LogP contribution in [0.15, 0.2) is 30.3 Å². The Morgan fingerprint density at radius 1 is 1.39 bits per heavy atom. The smallest absolute Gasteiger partial charge is 0.206 e. The van der Waals surface area contributed by atoms with Crippen LogP contribution < -0.4 is 5.73 Å². The minimum Gasteiger partial charge on any atom is -0.398 e. The number of aromatic nitrogens is 1. The lowest BCUT2D eigenvalue weighted by atomic mass is 10.1. The number of ether oxygens (including phenoxy) is 1. The molecule has 1 aromatic carbocycles. The van der Waals surface area contributed by atoms with Gasteiger partial charge in [0, 0.05) is 17.7 Å². The second kappa shape index (κ2) is 5.60. The van der Waals surface area contributed by atoms with Crippen molar-refractivity contribution in [3.05, 3.63) is 36.0 Å². The lowest BCUT2D eigenvalue weighted by Crippen LogP contribution is -2.12. The Hall–Kier alpha value is -1.94. The van der Waals surface area contributed by atoms with Crippen molar-refractivity contribution in [1.29, 1.82) is 0 Å². The van der Waals surface area contributed by atoms with Gasteiger partial charge in [0.2, 0.25) is 5.78 Å². The first-order valence-electron chi connectivity index (χ1n) is 5.98. The zero-order valence-corrected chi connectivity index (χ0v) is 10.3. The van der Waals surface area contributed by atoms with Crippen LogP contribution in [0.1, 0.15) is 23.8 Å². The number of hydrogen-bond donors (Lipinski definition) is 1. The van der Waals surface area contributed by atoms with Gasteiger partial charge in [-0.1, -0.05) is 25.1 Å². The Labute approximate surface area is 106 Å². The largest absolute Gasteiger partial charge is 0.398 e. The average Bonchev–Trinajstić information content (AvgIpc) is 2.39. The highest BCUT2D eigenvalue weighted by molar-refractivity contribution is 6.00. The molecule has 2 aromatic rings. The molecule has 4 nitrogen and oxygen atoms in total. The van der Waals surface area contributed by atoms with Crippen molar-refractivity contribution in [2.75, 3.05) is 18.9 Å². The predicted octanol–water partition coefficient (Wildman–Crippen LogP) is 2.43. The standard InChI is InChI=1S/C14H16N2O2/c1-2-7-18-9-14(17)13-8-11(15)10-5-3-4-6-12(10)16-13/h3-6,8H,2,7,9H2,1H3,(H2,15,16). The summed E-state index contributed by atoms with van der Waals surface area (Å²) in [6.07, 6.45) is 0.889. The maximum absolute atomic E-state index is 11.9. The van der Waals surface area contributed by atoms with Crippen LogP contribution in [0, 0.1) is 0 Å². The summed E-state index contributed by atoms with van der Waals surface area (Å²) in [6.45, 7) is 2.63. The molecule has 0 fully saturated rings. The molecule has 2 N–H and O–H groups in total. The first-order valence-corrected chi connectivity index (χ1v) is 5.98. The van der Waals surface area contributed by atoms with Crippen molar-refractivity contribution in [3.63, 3.8) is 0 Å². The van der Waals surface area contributed by atoms with Gasteiger partial charge in [-0.05, 0) is 18.6 Å². The summed E-state index contributed by atoms with van der Waals surface area (Å²) in [6, 6.07) is 9.11. The third-order valence-electron chi connectivity index (χ3n) is 2.62. The number of nitrogens with two attached hydrogens (primary N) is 1. The molecule has 94 valence electrons. The number of pyridine rings is 1. The summed E-state index contributed by atoms with van der Waals surface area (Å²) in [5.74, 6) is -0.138. The van der Waals surface area contributed by atoms with E-state index in [-0.39, 0.29) is 12.4 Å². The van der Waals surface area contributed by atoms with E-state index in [2.05, 4.69) is 4.98 Å². The van der Waals surface area contributed by atoms with Gasteiger partial charge in [0.05, 0.1) is 5.52 Å². The van der Waals surface area contributed by atoms with E-state index in [9.17, 15) is 4.79 Å². The molecule has 0 aliphatic rings. The first-order chi connectivity index (χ1) is 8.72. The van der Waals surface area contributed by atoms with Gasteiger partial charge in [-0.25, -0.2) is 4.98 Å². The summed E-state index contributed by atoms with van der Waals surface area (Å²) in [5.41, 5.74) is 7.58. The normalized spacial score (nSPS) is 10.7. The molecule has 18 heavy (non-hydrogen) atoms. The molecule has 0 unspecified atom stereocenters. The number of hydrogen-bond acceptors (Lipinski definition) is 4. The van der Waals surface area contributed by atoms with Crippen LogP contribution in [-0.4, -0.2) is 24.0 Å². The number of fused-ring (bicyclic) bond motifs is 1. The zero-order chi connectivity index (χ0) is 13.0. The average molecular weight is 244 g/mol. The van der Waals surface area contributed by atoms with E-state index in [4.69, 9.17) is 10.5 Å². The molecule has 0 amide bonds. The molecule has 0 saturated carbocycles. The van der Waals surface area contributed by atoms with E-state index in [1.54, 1.807) is 6.07 Å². The van der Waals surface area contributed by atoms with Crippen molar-refractivity contribution in [2.45, 2.75) is 13.3 Å². The topological polar surface area (TPSA) is 65.2 Å². The van der Waals surface area contributed by atoms with Crippen LogP contribution in [0.25, 0.3) is 10.9 Å². The molecular weight excluding hydrogens is 228 g/mol. The van der Waals surface area contributed by atoms with Crippen molar-refractivity contribution in [3.8, 4) is 0 Å². The van der Waals surface area contributed by atoms with Gasteiger partial charge in [-0.15, -0.1) is 0 Å². The summed E-state index contributed by atoms with van der Waals surface area (Å²) in [5, 5.41) is 0.864. The molecule has 0 aliphatic heterocycles. The third-order valence-corrected chi connectivity index (χ3v) is 2.62. The van der Waals surface area contributed by atoms with Gasteiger partial charge < -0.3 is 10.5 Å². The Morgan fingerprint density at radius 3 is 2.94 bits per heavy atom. The minimum atomic E-state index is -0.138. The molecule has 1 heterocycles. The fourth-order valence-electron chi connectivity index (χ4n) is 1.73. The molecule has 2 rings (SSSR count). The number of nitrogen functional groups attached to an aromatic ring is 1. The molecule has 0 saturated heterocycles. The summed E-state index contributed by atoms with van der Waals surface area (Å²) in [4.78, 5) is 16.2. The van der Waals surface area contributed by atoms with Crippen molar-refractivity contribution in [2.24, 2.45) is 0 Å². The lowest BCUT2D eigenvalue weighted by molar-refractivity contribution is 0.0757. The molecule has 0 aliphatic carbocycles. The number of anilines is 1. The fourth-order valence-corrected chi connectivity index (χ4v) is 1.73. The molecule has 0 radical (unpaired) electrons. The highest BCUT2D eigenvalue weighted by atomic mass is 16.5. The van der Waals surface area contributed by atoms with Crippen molar-refractivity contribution >= 4 is 22.4 Å². The number of Topliss-reactive ketones (excluding diaryl/α,β-unsaturated/α-hetero) is 1. The van der Waals surface area contributed by atoms with E-state index in [1.807, 2.05) is 31.2 Å². The van der Waals surface area contributed by atoms with E-state index in [1.165, 1.54) is 0 Å². The number of benzene rings is 1. The molecule has 1 aromatic heterocycles. The van der Waals surface area contributed by atoms with E-state index >= 15 is 0 Å². The minimum absolute atomic E-state index is 0.0542. The molecule has 0 spiro atoms. The Bertz CT molecular complexity index is 567. The third kappa shape index (κ3) is 2.65. The van der Waals surface area contributed by atoms with Crippen LogP contribution in [0.2, 0.25) is 0 Å². The van der Waals surface area contributed by atoms with Gasteiger partial charge in [-0.2, -0.15) is 0 Å². The first kappa shape index (κ1) is 12.5. The van der Waals surface area contributed by atoms with Gasteiger partial charge in [-0.3, -0.25) is 4.79 Å². The highest BCUT2D eigenvalue weighted by Gasteiger charge is 2.10. The Kier molecular flexibility index (Phi) is 3.89. The Balaban J connectivity index is 2.26. The lowest BCUT2D eigenvalue weighted by Gasteiger charge is -2.06. The molecular formula is C14H16N2O2. The van der Waals surface area contributed by atoms with E-state index < -0.39 is 0 Å². The number of carbonyl (C=O) groups is 1. The fraction of sp³-hybridized carbons (Fsp3) is 0.286. The van der Waals surface area contributed by atoms with Crippen LogP contribution >= 0.6 is 0 Å². The number of para-hydroxylation sites is 1. The van der Waals surface area contributed by atoms with E-state index in [0.717, 1.165) is 17.3 Å². The van der Waals surface area contributed by atoms with Crippen LogP contribution in [-0.2, 0) is 4.74 Å². The van der Waals surface area contributed by atoms with Gasteiger partial charge in [0.25, 0.3) is 0 Å². The van der Waals surface area contributed by atoms with Gasteiger partial charge >= 0.3 is 0 Å². The van der Waals surface area contributed by atoms with E-state index in [0.29, 0.717) is 18.0 Å². The zero-order valence-electron chi connectivity index (χ0n) is 10.3. The number of ketones is 1. The number of carbonyl (C=O) groups excluding carboxylic acids is 1. The monoisotopic (exact) mass is 244 g/mol. The molecule has 0 atom stereocenters.